The van der Waals surface area contributed by atoms with Crippen LogP contribution < -0.4 is 4.90 Å². The molecule has 0 saturated heterocycles. The van der Waals surface area contributed by atoms with Gasteiger partial charge in [-0.25, -0.2) is 0 Å². The fourth-order valence-corrected chi connectivity index (χ4v) is 8.78. The Labute approximate surface area is 268 Å². The maximum absolute atomic E-state index is 6.79. The lowest BCUT2D eigenvalue weighted by Crippen LogP contribution is -2.32. The molecular formula is C44H33NO. The van der Waals surface area contributed by atoms with Crippen molar-refractivity contribution < 1.29 is 4.42 Å². The highest BCUT2D eigenvalue weighted by atomic mass is 16.3. The molecule has 1 fully saturated rings. The number of para-hydroxylation sites is 2. The zero-order valence-corrected chi connectivity index (χ0v) is 25.6. The quantitative estimate of drug-likeness (QED) is 0.190. The van der Waals surface area contributed by atoms with E-state index >= 15 is 0 Å². The first-order valence-corrected chi connectivity index (χ1v) is 16.7. The fraction of sp³-hybridized carbons (Fsp3) is 0.136. The van der Waals surface area contributed by atoms with Crippen LogP contribution in [0, 0.1) is 0 Å². The van der Waals surface area contributed by atoms with Gasteiger partial charge in [0.1, 0.15) is 5.58 Å². The van der Waals surface area contributed by atoms with Crippen LogP contribution in [0.15, 0.2) is 144 Å². The number of hydrogen-bond donors (Lipinski definition) is 0. The van der Waals surface area contributed by atoms with Crippen LogP contribution >= 0.6 is 0 Å². The Hall–Kier alpha value is -5.34. The number of rotatable bonds is 3. The van der Waals surface area contributed by atoms with Crippen molar-refractivity contribution >= 4 is 54.9 Å². The number of furan rings is 1. The average Bonchev–Trinajstić information content (AvgIpc) is 3.66. The minimum atomic E-state index is 0.437. The van der Waals surface area contributed by atoms with E-state index in [1.54, 1.807) is 0 Å². The molecule has 0 spiro atoms. The molecule has 2 aliphatic rings. The Balaban J connectivity index is 1.33. The van der Waals surface area contributed by atoms with Gasteiger partial charge in [0.2, 0.25) is 0 Å². The zero-order valence-electron chi connectivity index (χ0n) is 25.6. The average molecular weight is 592 g/mol. The maximum atomic E-state index is 6.79. The van der Waals surface area contributed by atoms with E-state index in [0.29, 0.717) is 12.0 Å². The first-order valence-electron chi connectivity index (χ1n) is 16.7. The predicted molar refractivity (Wildman–Crippen MR) is 193 cm³/mol. The first-order chi connectivity index (χ1) is 22.8. The van der Waals surface area contributed by atoms with Crippen molar-refractivity contribution in [3.63, 3.8) is 0 Å². The molecule has 1 aromatic heterocycles. The van der Waals surface area contributed by atoms with E-state index in [4.69, 9.17) is 4.42 Å². The summed E-state index contributed by atoms with van der Waals surface area (Å²) < 4.78 is 6.79. The molecular weight excluding hydrogens is 558 g/mol. The third-order valence-electron chi connectivity index (χ3n) is 10.7. The van der Waals surface area contributed by atoms with Crippen LogP contribution in [0.3, 0.4) is 0 Å². The van der Waals surface area contributed by atoms with Crippen LogP contribution in [0.1, 0.15) is 37.2 Å². The lowest BCUT2D eigenvalue weighted by molar-refractivity contribution is 0.402. The molecule has 8 aromatic rings. The first kappa shape index (κ1) is 25.9. The highest BCUT2D eigenvalue weighted by molar-refractivity contribution is 6.23. The van der Waals surface area contributed by atoms with Gasteiger partial charge in [0.15, 0.2) is 5.58 Å². The monoisotopic (exact) mass is 591 g/mol. The number of hydrogen-bond acceptors (Lipinski definition) is 2. The fourth-order valence-electron chi connectivity index (χ4n) is 8.78. The van der Waals surface area contributed by atoms with E-state index < -0.39 is 0 Å². The molecule has 46 heavy (non-hydrogen) atoms. The Kier molecular flexibility index (Phi) is 5.69. The summed E-state index contributed by atoms with van der Waals surface area (Å²) >= 11 is 0. The smallest absolute Gasteiger partial charge is 0.159 e. The summed E-state index contributed by atoms with van der Waals surface area (Å²) in [6.07, 6.45) is 5.01. The van der Waals surface area contributed by atoms with Gasteiger partial charge >= 0.3 is 0 Å². The van der Waals surface area contributed by atoms with Crippen LogP contribution in [-0.2, 0) is 0 Å². The van der Waals surface area contributed by atoms with E-state index in [2.05, 4.69) is 144 Å². The molecule has 2 unspecified atom stereocenters. The maximum Gasteiger partial charge on any atom is 0.159 e. The summed E-state index contributed by atoms with van der Waals surface area (Å²) in [5, 5.41) is 7.45. The summed E-state index contributed by atoms with van der Waals surface area (Å²) in [4.78, 5) is 2.65. The summed E-state index contributed by atoms with van der Waals surface area (Å²) in [7, 11) is 0. The third kappa shape index (κ3) is 3.70. The van der Waals surface area contributed by atoms with E-state index in [9.17, 15) is 0 Å². The van der Waals surface area contributed by atoms with Crippen molar-refractivity contribution in [1.82, 2.24) is 0 Å². The second-order valence-corrected chi connectivity index (χ2v) is 13.1. The molecule has 0 N–H and O–H groups in total. The van der Waals surface area contributed by atoms with Crippen molar-refractivity contribution in [2.24, 2.45) is 0 Å². The van der Waals surface area contributed by atoms with Crippen LogP contribution in [-0.4, -0.2) is 6.04 Å². The molecule has 2 nitrogen and oxygen atoms in total. The molecule has 1 saturated carbocycles. The van der Waals surface area contributed by atoms with Gasteiger partial charge in [-0.15, -0.1) is 0 Å². The van der Waals surface area contributed by atoms with Gasteiger partial charge < -0.3 is 9.32 Å². The normalized spacial score (nSPS) is 17.6. The lowest BCUT2D eigenvalue weighted by Gasteiger charge is -2.34. The van der Waals surface area contributed by atoms with Gasteiger partial charge in [-0.3, -0.25) is 0 Å². The standard InChI is InChI=1S/C44H33NO/c1-2-14-28(15-3-1)42-33-19-4-6-21-35(33)43(36-22-7-5-20-34(36)42)29-26-37-32-18-10-13-25-41(32)46-44(37)40(27-29)45-38-23-11-8-16-30(38)31-17-9-12-24-39(31)45/h1-8,10-11,13-16,18-23,25-27,31,39H,9,12,17,24H2. The minimum Gasteiger partial charge on any atom is -0.454 e. The molecule has 0 radical (unpaired) electrons. The van der Waals surface area contributed by atoms with Crippen LogP contribution in [0.25, 0.3) is 65.7 Å². The topological polar surface area (TPSA) is 16.4 Å². The Bertz CT molecular complexity index is 2400. The van der Waals surface area contributed by atoms with Crippen LogP contribution in [0.2, 0.25) is 0 Å². The largest absolute Gasteiger partial charge is 0.454 e. The predicted octanol–water partition coefficient (Wildman–Crippen LogP) is 12.4. The van der Waals surface area contributed by atoms with Gasteiger partial charge in [-0.2, -0.15) is 0 Å². The van der Waals surface area contributed by atoms with E-state index in [1.807, 2.05) is 0 Å². The highest BCUT2D eigenvalue weighted by Gasteiger charge is 2.41. The van der Waals surface area contributed by atoms with Gasteiger partial charge in [-0.05, 0) is 86.5 Å². The number of fused-ring (bicyclic) bond motifs is 8. The summed E-state index contributed by atoms with van der Waals surface area (Å²) in [5.41, 5.74) is 11.0. The van der Waals surface area contributed by atoms with Crippen molar-refractivity contribution in [2.45, 2.75) is 37.6 Å². The zero-order chi connectivity index (χ0) is 30.2. The minimum absolute atomic E-state index is 0.437. The van der Waals surface area contributed by atoms with Crippen molar-refractivity contribution in [3.8, 4) is 22.3 Å². The molecule has 0 amide bonds. The molecule has 2 atom stereocenters. The summed E-state index contributed by atoms with van der Waals surface area (Å²) in [6.45, 7) is 0. The van der Waals surface area contributed by atoms with Crippen molar-refractivity contribution in [3.05, 3.63) is 145 Å². The Morgan fingerprint density at radius 3 is 1.80 bits per heavy atom. The van der Waals surface area contributed by atoms with Crippen LogP contribution in [0.5, 0.6) is 0 Å². The second-order valence-electron chi connectivity index (χ2n) is 13.1. The summed E-state index contributed by atoms with van der Waals surface area (Å²) in [6, 6.07) is 51.7. The van der Waals surface area contributed by atoms with E-state index in [-0.39, 0.29) is 0 Å². The number of benzene rings is 7. The summed E-state index contributed by atoms with van der Waals surface area (Å²) in [5.74, 6) is 0.555. The van der Waals surface area contributed by atoms with Gasteiger partial charge in [0, 0.05) is 28.4 Å². The van der Waals surface area contributed by atoms with Gasteiger partial charge in [-0.1, -0.05) is 128 Å². The highest BCUT2D eigenvalue weighted by Crippen LogP contribution is 2.54. The molecule has 7 aromatic carbocycles. The SMILES string of the molecule is c1ccc(-c2c3ccccc3c(-c3cc(N4c5ccccc5C5CCCCC54)c4oc5ccccc5c4c3)c3ccccc23)cc1. The number of anilines is 2. The molecule has 10 rings (SSSR count). The van der Waals surface area contributed by atoms with Crippen molar-refractivity contribution in [1.29, 1.82) is 0 Å². The third-order valence-corrected chi connectivity index (χ3v) is 10.7. The molecule has 220 valence electrons. The van der Waals surface area contributed by atoms with Crippen molar-refractivity contribution in [2.75, 3.05) is 4.90 Å². The molecule has 0 bridgehead atoms. The Morgan fingerprint density at radius 2 is 1.07 bits per heavy atom. The van der Waals surface area contributed by atoms with Gasteiger partial charge in [0.05, 0.1) is 5.69 Å². The van der Waals surface area contributed by atoms with Crippen LogP contribution in [0.4, 0.5) is 11.4 Å². The van der Waals surface area contributed by atoms with E-state index in [1.165, 1.54) is 97.2 Å². The molecule has 2 heteroatoms. The number of nitrogens with zero attached hydrogens (tertiary/aromatic N) is 1. The van der Waals surface area contributed by atoms with Gasteiger partial charge in [0.25, 0.3) is 0 Å². The second kappa shape index (κ2) is 10.1. The van der Waals surface area contributed by atoms with E-state index in [0.717, 1.165) is 11.2 Å². The Morgan fingerprint density at radius 1 is 0.478 bits per heavy atom. The molecule has 1 aliphatic heterocycles. The molecule has 2 heterocycles. The molecule has 1 aliphatic carbocycles. The lowest BCUT2D eigenvalue weighted by atomic mass is 9.82.